The van der Waals surface area contributed by atoms with Crippen LogP contribution < -0.4 is 0 Å². The third-order valence-electron chi connectivity index (χ3n) is 2.39. The average Bonchev–Trinajstić information content (AvgIpc) is 2.33. The first-order valence-corrected chi connectivity index (χ1v) is 4.21. The molecule has 0 bridgehead atoms. The van der Waals surface area contributed by atoms with Crippen LogP contribution >= 0.6 is 0 Å². The van der Waals surface area contributed by atoms with E-state index in [9.17, 15) is 9.90 Å². The maximum absolute atomic E-state index is 10.3. The molecule has 12 heavy (non-hydrogen) atoms. The number of rotatable bonds is 3. The van der Waals surface area contributed by atoms with E-state index in [1.807, 2.05) is 0 Å². The highest BCUT2D eigenvalue weighted by Gasteiger charge is 2.29. The predicted molar refractivity (Wildman–Crippen MR) is 43.9 cm³/mol. The van der Waals surface area contributed by atoms with Crippen LogP contribution in [-0.4, -0.2) is 46.8 Å². The zero-order valence-electron chi connectivity index (χ0n) is 7.23. The molecule has 4 nitrogen and oxygen atoms in total. The zero-order valence-corrected chi connectivity index (χ0v) is 7.23. The van der Waals surface area contributed by atoms with Crippen molar-refractivity contribution in [1.29, 1.82) is 0 Å². The molecule has 0 aromatic rings. The lowest BCUT2D eigenvalue weighted by Gasteiger charge is -2.24. The Morgan fingerprint density at radius 2 is 2.25 bits per heavy atom. The molecule has 1 saturated carbocycles. The van der Waals surface area contributed by atoms with E-state index in [2.05, 4.69) is 0 Å². The molecule has 2 N–H and O–H groups in total. The maximum Gasteiger partial charge on any atom is 0.317 e. The Kier molecular flexibility index (Phi) is 3.05. The number of carbonyl (C=O) groups is 1. The van der Waals surface area contributed by atoms with Gasteiger partial charge in [-0.3, -0.25) is 9.69 Å². The van der Waals surface area contributed by atoms with Crippen molar-refractivity contribution >= 4 is 5.97 Å². The molecule has 1 fully saturated rings. The molecule has 1 aliphatic rings. The van der Waals surface area contributed by atoms with Gasteiger partial charge in [0.1, 0.15) is 0 Å². The van der Waals surface area contributed by atoms with Gasteiger partial charge in [0.05, 0.1) is 12.6 Å². The summed E-state index contributed by atoms with van der Waals surface area (Å²) in [6.07, 6.45) is 2.37. The van der Waals surface area contributed by atoms with E-state index in [0.717, 1.165) is 19.3 Å². The first-order valence-electron chi connectivity index (χ1n) is 4.21. The number of aliphatic hydroxyl groups excluding tert-OH is 1. The molecule has 0 aliphatic heterocycles. The van der Waals surface area contributed by atoms with Crippen LogP contribution in [0, 0.1) is 0 Å². The molecule has 0 saturated heterocycles. The van der Waals surface area contributed by atoms with Gasteiger partial charge in [-0.1, -0.05) is 0 Å². The van der Waals surface area contributed by atoms with E-state index in [1.165, 1.54) is 0 Å². The minimum atomic E-state index is -0.836. The van der Waals surface area contributed by atoms with Gasteiger partial charge in [0.2, 0.25) is 0 Å². The molecule has 4 heteroatoms. The molecule has 0 aromatic heterocycles. The highest BCUT2D eigenvalue weighted by atomic mass is 16.4. The molecule has 0 spiro atoms. The highest BCUT2D eigenvalue weighted by Crippen LogP contribution is 2.22. The van der Waals surface area contributed by atoms with Crippen molar-refractivity contribution in [2.75, 3.05) is 13.6 Å². The summed E-state index contributed by atoms with van der Waals surface area (Å²) >= 11 is 0. The Morgan fingerprint density at radius 1 is 1.58 bits per heavy atom. The molecular weight excluding hydrogens is 158 g/mol. The first kappa shape index (κ1) is 9.48. The van der Waals surface area contributed by atoms with E-state index in [1.54, 1.807) is 11.9 Å². The van der Waals surface area contributed by atoms with Gasteiger partial charge in [-0.15, -0.1) is 0 Å². The van der Waals surface area contributed by atoms with Crippen molar-refractivity contribution in [1.82, 2.24) is 4.90 Å². The summed E-state index contributed by atoms with van der Waals surface area (Å²) in [5, 5.41) is 17.9. The van der Waals surface area contributed by atoms with Crippen LogP contribution in [0.15, 0.2) is 0 Å². The molecule has 0 heterocycles. The number of carboxylic acid groups (broad SMARTS) is 1. The fourth-order valence-electron chi connectivity index (χ4n) is 1.77. The van der Waals surface area contributed by atoms with Crippen LogP contribution in [0.2, 0.25) is 0 Å². The fraction of sp³-hybridized carbons (Fsp3) is 0.875. The largest absolute Gasteiger partial charge is 0.480 e. The van der Waals surface area contributed by atoms with Gasteiger partial charge < -0.3 is 10.2 Å². The van der Waals surface area contributed by atoms with Gasteiger partial charge in [-0.2, -0.15) is 0 Å². The lowest BCUT2D eigenvalue weighted by Crippen LogP contribution is -2.40. The zero-order chi connectivity index (χ0) is 9.14. The van der Waals surface area contributed by atoms with Gasteiger partial charge in [-0.05, 0) is 26.3 Å². The van der Waals surface area contributed by atoms with Crippen molar-refractivity contribution in [3.05, 3.63) is 0 Å². The minimum Gasteiger partial charge on any atom is -0.480 e. The third kappa shape index (κ3) is 2.19. The normalized spacial score (nSPS) is 29.6. The van der Waals surface area contributed by atoms with Crippen molar-refractivity contribution in [2.24, 2.45) is 0 Å². The SMILES string of the molecule is CN(CC(=O)O)[C@@H]1CCC[C@H]1O. The first-order chi connectivity index (χ1) is 5.61. The van der Waals surface area contributed by atoms with Crippen LogP contribution in [-0.2, 0) is 4.79 Å². The summed E-state index contributed by atoms with van der Waals surface area (Å²) in [7, 11) is 1.74. The highest BCUT2D eigenvalue weighted by molar-refractivity contribution is 5.69. The Morgan fingerprint density at radius 3 is 2.67 bits per heavy atom. The number of carboxylic acids is 1. The van der Waals surface area contributed by atoms with Crippen LogP contribution in [0.5, 0.6) is 0 Å². The lowest BCUT2D eigenvalue weighted by molar-refractivity contribution is -0.138. The average molecular weight is 173 g/mol. The monoisotopic (exact) mass is 173 g/mol. The second-order valence-corrected chi connectivity index (χ2v) is 3.37. The number of nitrogens with zero attached hydrogens (tertiary/aromatic N) is 1. The second kappa shape index (κ2) is 3.87. The van der Waals surface area contributed by atoms with E-state index >= 15 is 0 Å². The predicted octanol–water partition coefficient (Wildman–Crippen LogP) is -0.0838. The number of aliphatic carboxylic acids is 1. The Balaban J connectivity index is 2.40. The lowest BCUT2D eigenvalue weighted by atomic mass is 10.2. The van der Waals surface area contributed by atoms with Crippen molar-refractivity contribution in [3.8, 4) is 0 Å². The van der Waals surface area contributed by atoms with E-state index < -0.39 is 5.97 Å². The fourth-order valence-corrected chi connectivity index (χ4v) is 1.77. The van der Waals surface area contributed by atoms with E-state index in [-0.39, 0.29) is 18.7 Å². The van der Waals surface area contributed by atoms with Gasteiger partial charge in [0, 0.05) is 6.04 Å². The molecule has 0 aromatic carbocycles. The smallest absolute Gasteiger partial charge is 0.317 e. The van der Waals surface area contributed by atoms with Crippen molar-refractivity contribution < 1.29 is 15.0 Å². The van der Waals surface area contributed by atoms with Crippen molar-refractivity contribution in [2.45, 2.75) is 31.4 Å². The topological polar surface area (TPSA) is 60.8 Å². The van der Waals surface area contributed by atoms with Crippen LogP contribution in [0.25, 0.3) is 0 Å². The standard InChI is InChI=1S/C8H15NO3/c1-9(5-8(11)12)6-3-2-4-7(6)10/h6-7,10H,2-5H2,1H3,(H,11,12)/t6-,7-/m1/s1. The number of hydrogen-bond donors (Lipinski definition) is 2. The molecule has 70 valence electrons. The third-order valence-corrected chi connectivity index (χ3v) is 2.39. The minimum absolute atomic E-state index is 0.0156. The summed E-state index contributed by atoms with van der Waals surface area (Å²) in [6.45, 7) is 0.0156. The van der Waals surface area contributed by atoms with Gasteiger partial charge in [0.15, 0.2) is 0 Å². The summed E-state index contributed by atoms with van der Waals surface area (Å²) in [6, 6.07) is 0.0427. The van der Waals surface area contributed by atoms with Crippen molar-refractivity contribution in [3.63, 3.8) is 0 Å². The number of likely N-dealkylation sites (N-methyl/N-ethyl adjacent to an activating group) is 1. The van der Waals surface area contributed by atoms with E-state index in [4.69, 9.17) is 5.11 Å². The van der Waals surface area contributed by atoms with Crippen LogP contribution in [0.3, 0.4) is 0 Å². The van der Waals surface area contributed by atoms with E-state index in [0.29, 0.717) is 0 Å². The second-order valence-electron chi connectivity index (χ2n) is 3.37. The van der Waals surface area contributed by atoms with Gasteiger partial charge in [-0.25, -0.2) is 0 Å². The number of aliphatic hydroxyl groups is 1. The van der Waals surface area contributed by atoms with Gasteiger partial charge in [0.25, 0.3) is 0 Å². The number of hydrogen-bond acceptors (Lipinski definition) is 3. The summed E-state index contributed by atoms with van der Waals surface area (Å²) < 4.78 is 0. The van der Waals surface area contributed by atoms with Crippen LogP contribution in [0.1, 0.15) is 19.3 Å². The molecule has 1 aliphatic carbocycles. The molecule has 0 radical (unpaired) electrons. The van der Waals surface area contributed by atoms with Gasteiger partial charge >= 0.3 is 5.97 Å². The molecule has 2 atom stereocenters. The Hall–Kier alpha value is -0.610. The quantitative estimate of drug-likeness (QED) is 0.626. The summed E-state index contributed by atoms with van der Waals surface area (Å²) in [5.74, 6) is -0.836. The van der Waals surface area contributed by atoms with Crippen LogP contribution in [0.4, 0.5) is 0 Å². The Labute approximate surface area is 71.8 Å². The summed E-state index contributed by atoms with van der Waals surface area (Å²) in [5.41, 5.74) is 0. The molecule has 0 unspecified atom stereocenters. The molecular formula is C8H15NO3. The Bertz CT molecular complexity index is 172. The summed E-state index contributed by atoms with van der Waals surface area (Å²) in [4.78, 5) is 12.1. The maximum atomic E-state index is 10.3. The molecule has 1 rings (SSSR count). The molecule has 0 amide bonds.